The lowest BCUT2D eigenvalue weighted by Gasteiger charge is -2.31. The van der Waals surface area contributed by atoms with E-state index in [1.165, 1.54) is 21.3 Å². The molecule has 15 heteroatoms. The number of carbonyl (C=O) groups is 2. The molecule has 7 heterocycles. The number of carbonyl (C=O) groups excluding carboxylic acids is 2. The first-order valence-corrected chi connectivity index (χ1v) is 30.2. The molecule has 1 amide bonds. The van der Waals surface area contributed by atoms with Crippen molar-refractivity contribution in [1.82, 2.24) is 39.2 Å². The number of hydrogen-bond donors (Lipinski definition) is 0. The van der Waals surface area contributed by atoms with Crippen LogP contribution in [0.3, 0.4) is 0 Å². The molecule has 2 aliphatic rings. The van der Waals surface area contributed by atoms with Gasteiger partial charge in [-0.15, -0.1) is 49.9 Å². The number of oxazole rings is 2. The smallest absolute Gasteiger partial charge is 0.273 e. The van der Waals surface area contributed by atoms with Crippen LogP contribution in [0.4, 0.5) is 0 Å². The fourth-order valence-electron chi connectivity index (χ4n) is 6.86. The first kappa shape index (κ1) is 77.1. The number of aromatic nitrogens is 7. The first-order valence-electron chi connectivity index (χ1n) is 28.6. The predicted octanol–water partition coefficient (Wildman–Crippen LogP) is 16.1. The average molecular weight is 1220 g/mol. The van der Waals surface area contributed by atoms with Crippen molar-refractivity contribution >= 4 is 34.6 Å². The first-order chi connectivity index (χ1) is 39.8. The van der Waals surface area contributed by atoms with E-state index in [9.17, 15) is 9.59 Å². The summed E-state index contributed by atoms with van der Waals surface area (Å²) >= 11 is 3.08. The topological polar surface area (TPSA) is 159 Å². The highest BCUT2D eigenvalue weighted by atomic mass is 32.1. The molecular formula is C72H96N8O5S2. The number of allylic oxidation sites excluding steroid dienone is 2. The monoisotopic (exact) mass is 1220 g/mol. The SMILES string of the molecule is C#Cc1cc(C(C)(C)C)sn1.C#Cc1ccn(C(C)(C)C)n1.C#Cc1nc(C(C)(C)C)co1.C#Cc1ncc(C(C)(C)C)o1.C#Cc1ncc(C(C)(C)C)s1.C#Cc1nocc1C(C)(C)C.CC(C)(C)C1CC=CC(=O)C1.CC(C)(C)N1CC=CC1=O. The minimum atomic E-state index is -0.0272. The lowest BCUT2D eigenvalue weighted by atomic mass is 9.74. The summed E-state index contributed by atoms with van der Waals surface area (Å²) in [6.07, 6.45) is 48.7. The molecule has 6 aromatic rings. The van der Waals surface area contributed by atoms with Gasteiger partial charge in [-0.2, -0.15) is 9.47 Å². The summed E-state index contributed by atoms with van der Waals surface area (Å²) in [5.74, 6) is 17.2. The highest BCUT2D eigenvalue weighted by Crippen LogP contribution is 2.34. The molecule has 0 N–H and O–H groups in total. The average Bonchev–Trinajstić information content (AvgIpc) is 3.97. The molecule has 0 bridgehead atoms. The van der Waals surface area contributed by atoms with Gasteiger partial charge in [-0.05, 0) is 141 Å². The molecule has 8 rings (SSSR count). The van der Waals surface area contributed by atoms with E-state index < -0.39 is 0 Å². The lowest BCUT2D eigenvalue weighted by Crippen LogP contribution is -2.42. The summed E-state index contributed by atoms with van der Waals surface area (Å²) in [6.45, 7) is 51.2. The summed E-state index contributed by atoms with van der Waals surface area (Å²) in [6, 6.07) is 3.82. The summed E-state index contributed by atoms with van der Waals surface area (Å²) in [7, 11) is 0. The van der Waals surface area contributed by atoms with Gasteiger partial charge in [0.1, 0.15) is 29.7 Å². The zero-order chi connectivity index (χ0) is 67.2. The van der Waals surface area contributed by atoms with Crippen molar-refractivity contribution in [2.75, 3.05) is 6.54 Å². The number of amides is 1. The third-order valence-electron chi connectivity index (χ3n) is 12.5. The van der Waals surface area contributed by atoms with Crippen LogP contribution in [-0.4, -0.2) is 62.9 Å². The Morgan fingerprint density at radius 1 is 0.609 bits per heavy atom. The van der Waals surface area contributed by atoms with E-state index in [0.29, 0.717) is 29.1 Å². The van der Waals surface area contributed by atoms with Gasteiger partial charge in [0.05, 0.1) is 17.4 Å². The molecule has 0 spiro atoms. The quantitative estimate of drug-likeness (QED) is 0.133. The Morgan fingerprint density at radius 3 is 1.49 bits per heavy atom. The van der Waals surface area contributed by atoms with E-state index in [-0.39, 0.29) is 55.3 Å². The van der Waals surface area contributed by atoms with Gasteiger partial charge in [0, 0.05) is 63.1 Å². The van der Waals surface area contributed by atoms with Gasteiger partial charge in [0.25, 0.3) is 11.8 Å². The number of ketones is 1. The maximum absolute atomic E-state index is 11.1. The molecule has 0 saturated heterocycles. The third-order valence-corrected chi connectivity index (χ3v) is 15.1. The third kappa shape index (κ3) is 28.0. The zero-order valence-electron chi connectivity index (χ0n) is 56.4. The zero-order valence-corrected chi connectivity index (χ0v) is 58.1. The van der Waals surface area contributed by atoms with Crippen LogP contribution in [-0.2, 0) is 42.2 Å². The molecule has 1 unspecified atom stereocenters. The molecule has 13 nitrogen and oxygen atoms in total. The minimum Gasteiger partial charge on any atom is -0.438 e. The maximum Gasteiger partial charge on any atom is 0.273 e. The van der Waals surface area contributed by atoms with E-state index in [0.717, 1.165) is 47.1 Å². The Morgan fingerprint density at radius 2 is 1.21 bits per heavy atom. The van der Waals surface area contributed by atoms with E-state index in [1.54, 1.807) is 42.2 Å². The van der Waals surface area contributed by atoms with Crippen LogP contribution in [0.1, 0.15) is 240 Å². The molecule has 6 aromatic heterocycles. The van der Waals surface area contributed by atoms with Gasteiger partial charge in [0.15, 0.2) is 16.5 Å². The molecule has 466 valence electrons. The molecule has 0 fully saturated rings. The number of rotatable bonds is 0. The van der Waals surface area contributed by atoms with E-state index in [4.69, 9.17) is 51.9 Å². The fraction of sp³-hybridized carbons (Fsp3) is 0.500. The van der Waals surface area contributed by atoms with Crippen molar-refractivity contribution in [2.24, 2.45) is 11.3 Å². The van der Waals surface area contributed by atoms with E-state index in [1.807, 2.05) is 87.8 Å². The van der Waals surface area contributed by atoms with Crippen molar-refractivity contribution in [3.8, 4) is 74.1 Å². The lowest BCUT2D eigenvalue weighted by molar-refractivity contribution is -0.128. The van der Waals surface area contributed by atoms with Crippen molar-refractivity contribution in [1.29, 1.82) is 0 Å². The second-order valence-corrected chi connectivity index (χ2v) is 30.4. The Hall–Kier alpha value is -7.92. The van der Waals surface area contributed by atoms with Crippen LogP contribution in [0.2, 0.25) is 0 Å². The number of thiazole rings is 1. The van der Waals surface area contributed by atoms with Crippen molar-refractivity contribution in [3.63, 3.8) is 0 Å². The molecule has 1 aliphatic heterocycles. The summed E-state index contributed by atoms with van der Waals surface area (Å²) in [5.41, 5.74) is 4.57. The van der Waals surface area contributed by atoms with Crippen LogP contribution < -0.4 is 0 Å². The second-order valence-electron chi connectivity index (χ2n) is 28.6. The fourth-order valence-corrected chi connectivity index (χ4v) is 8.39. The van der Waals surface area contributed by atoms with Crippen molar-refractivity contribution in [2.45, 2.75) is 217 Å². The van der Waals surface area contributed by atoms with Crippen LogP contribution >= 0.6 is 22.9 Å². The van der Waals surface area contributed by atoms with Gasteiger partial charge < -0.3 is 18.3 Å². The van der Waals surface area contributed by atoms with E-state index in [2.05, 4.69) is 190 Å². The molecule has 0 saturated carbocycles. The molecule has 1 aliphatic carbocycles. The second kappa shape index (κ2) is 32.7. The van der Waals surface area contributed by atoms with E-state index >= 15 is 0 Å². The molecule has 0 radical (unpaired) electrons. The van der Waals surface area contributed by atoms with Gasteiger partial charge in [-0.3, -0.25) is 14.3 Å². The predicted molar refractivity (Wildman–Crippen MR) is 359 cm³/mol. The van der Waals surface area contributed by atoms with Crippen LogP contribution in [0, 0.1) is 85.4 Å². The molecular weight excluding hydrogens is 1120 g/mol. The van der Waals surface area contributed by atoms with Gasteiger partial charge in [-0.25, -0.2) is 15.0 Å². The molecule has 1 atom stereocenters. The van der Waals surface area contributed by atoms with Crippen LogP contribution in [0.25, 0.3) is 0 Å². The van der Waals surface area contributed by atoms with Crippen molar-refractivity contribution < 1.29 is 22.9 Å². The summed E-state index contributed by atoms with van der Waals surface area (Å²) in [5, 5.41) is 8.64. The largest absolute Gasteiger partial charge is 0.438 e. The van der Waals surface area contributed by atoms with Gasteiger partial charge in [-0.1, -0.05) is 142 Å². The van der Waals surface area contributed by atoms with Crippen molar-refractivity contribution in [3.05, 3.63) is 128 Å². The number of hydrogen-bond acceptors (Lipinski definition) is 13. The Bertz CT molecular complexity index is 3090. The summed E-state index contributed by atoms with van der Waals surface area (Å²) in [4.78, 5) is 38.5. The normalized spacial score (nSPS) is 13.8. The molecule has 0 aromatic carbocycles. The van der Waals surface area contributed by atoms with Gasteiger partial charge in [0.2, 0.25) is 5.91 Å². The van der Waals surface area contributed by atoms with Crippen LogP contribution in [0.15, 0.2) is 80.9 Å². The molecule has 87 heavy (non-hydrogen) atoms. The Kier molecular flexibility index (Phi) is 29.0. The maximum atomic E-state index is 11.1. The Balaban J connectivity index is 0.000000497. The minimum absolute atomic E-state index is 0.0118. The van der Waals surface area contributed by atoms with Crippen LogP contribution in [0.5, 0.6) is 0 Å². The number of nitrogens with zero attached hydrogens (tertiary/aromatic N) is 8. The van der Waals surface area contributed by atoms with Gasteiger partial charge >= 0.3 is 0 Å². The highest BCUT2D eigenvalue weighted by Gasteiger charge is 2.28. The highest BCUT2D eigenvalue weighted by molar-refractivity contribution is 7.12. The Labute approximate surface area is 531 Å². The standard InChI is InChI=1S/C10H16O.C9H12N2.3C9H11NO.2C9H11NS.C8H13NO/c1-10(2,3)8-5-4-6-9(11)7-8;1-5-8-6-7-11(10-8)9(2,3)4;1-5-8-10-7(6-11-8)9(2,3)4;1-5-8-10-6-7(11-8)9(2,3)4;1-5-8-7(6-11-10-8)9(2,3)4;1-5-8-10-6-7(11-8)9(2,3)4;1-5-7-6-8(11-10-7)9(2,3)4;1-8(2,3)9-6-4-5-7(9)10/h4,6,8H,5,7H2,1-3H3;1,6-7H,2-4H3;5*1,6H,2-4H3;4-5H,6H2,1-3H3. The summed E-state index contributed by atoms with van der Waals surface area (Å²) < 4.78 is 21.0. The number of terminal acetylenes is 6.